The van der Waals surface area contributed by atoms with Crippen molar-refractivity contribution in [3.05, 3.63) is 66.1 Å². The second kappa shape index (κ2) is 9.24. The Kier molecular flexibility index (Phi) is 5.98. The van der Waals surface area contributed by atoms with Crippen LogP contribution < -0.4 is 4.90 Å². The maximum atomic E-state index is 14.8. The van der Waals surface area contributed by atoms with Crippen molar-refractivity contribution in [2.24, 2.45) is 5.92 Å². The van der Waals surface area contributed by atoms with Crippen molar-refractivity contribution in [1.29, 1.82) is 0 Å². The molecule has 1 aromatic carbocycles. The van der Waals surface area contributed by atoms with E-state index in [1.807, 2.05) is 0 Å². The van der Waals surface area contributed by atoms with Gasteiger partial charge in [-0.3, -0.25) is 9.48 Å². The highest BCUT2D eigenvalue weighted by Gasteiger charge is 2.35. The van der Waals surface area contributed by atoms with Gasteiger partial charge < -0.3 is 14.5 Å². The number of carboxylic acid groups (broad SMARTS) is 1. The summed E-state index contributed by atoms with van der Waals surface area (Å²) >= 11 is 0. The van der Waals surface area contributed by atoms with E-state index in [4.69, 9.17) is 4.52 Å². The zero-order valence-corrected chi connectivity index (χ0v) is 18.8. The molecule has 1 N–H and O–H groups in total. The summed E-state index contributed by atoms with van der Waals surface area (Å²) in [6.45, 7) is 2.35. The first-order valence-electron chi connectivity index (χ1n) is 11.2. The van der Waals surface area contributed by atoms with E-state index in [0.717, 1.165) is 6.20 Å². The van der Waals surface area contributed by atoms with Gasteiger partial charge in [-0.1, -0.05) is 23.4 Å². The van der Waals surface area contributed by atoms with E-state index >= 15 is 0 Å². The fourth-order valence-electron chi connectivity index (χ4n) is 4.44. The topological polar surface area (TPSA) is 110 Å². The third-order valence-corrected chi connectivity index (χ3v) is 6.29. The molecular formula is C24H22F2N6O3. The van der Waals surface area contributed by atoms with Crippen LogP contribution in [0.5, 0.6) is 0 Å². The van der Waals surface area contributed by atoms with Gasteiger partial charge >= 0.3 is 5.97 Å². The molecule has 9 nitrogen and oxygen atoms in total. The van der Waals surface area contributed by atoms with Gasteiger partial charge in [0, 0.05) is 24.2 Å². The van der Waals surface area contributed by atoms with Crippen LogP contribution in [0, 0.1) is 17.6 Å². The van der Waals surface area contributed by atoms with E-state index in [2.05, 4.69) is 20.2 Å². The summed E-state index contributed by atoms with van der Waals surface area (Å²) in [7, 11) is 0. The van der Waals surface area contributed by atoms with Gasteiger partial charge in [-0.05, 0) is 31.9 Å². The normalized spacial score (nSPS) is 18.1. The third kappa shape index (κ3) is 4.36. The van der Waals surface area contributed by atoms with Crippen LogP contribution in [0.15, 0.2) is 53.4 Å². The van der Waals surface area contributed by atoms with Crippen LogP contribution in [-0.2, 0) is 11.3 Å². The number of aromatic nitrogens is 5. The van der Waals surface area contributed by atoms with E-state index < -0.39 is 23.7 Å². The van der Waals surface area contributed by atoms with Crippen LogP contribution in [0.2, 0.25) is 0 Å². The van der Waals surface area contributed by atoms with Crippen molar-refractivity contribution in [2.45, 2.75) is 32.4 Å². The Morgan fingerprint density at radius 3 is 2.77 bits per heavy atom. The van der Waals surface area contributed by atoms with Crippen molar-refractivity contribution in [2.75, 3.05) is 11.4 Å². The van der Waals surface area contributed by atoms with Crippen LogP contribution >= 0.6 is 0 Å². The number of halogens is 2. The van der Waals surface area contributed by atoms with Crippen LogP contribution in [0.1, 0.15) is 25.3 Å². The van der Waals surface area contributed by atoms with Crippen LogP contribution in [0.4, 0.5) is 14.6 Å². The van der Waals surface area contributed by atoms with E-state index in [9.17, 15) is 18.7 Å². The molecular weight excluding hydrogens is 458 g/mol. The minimum absolute atomic E-state index is 0.0279. The molecule has 1 fully saturated rings. The molecule has 1 aliphatic rings. The van der Waals surface area contributed by atoms with Gasteiger partial charge in [-0.25, -0.2) is 18.7 Å². The lowest BCUT2D eigenvalue weighted by Gasteiger charge is -2.38. The summed E-state index contributed by atoms with van der Waals surface area (Å²) in [6.07, 6.45) is 3.60. The lowest BCUT2D eigenvalue weighted by Crippen LogP contribution is -2.47. The van der Waals surface area contributed by atoms with E-state index in [-0.39, 0.29) is 24.0 Å². The highest BCUT2D eigenvalue weighted by Crippen LogP contribution is 2.31. The number of rotatable bonds is 6. The van der Waals surface area contributed by atoms with Gasteiger partial charge in [0.1, 0.15) is 23.5 Å². The number of hydrogen-bond acceptors (Lipinski definition) is 7. The first-order valence-corrected chi connectivity index (χ1v) is 11.2. The summed E-state index contributed by atoms with van der Waals surface area (Å²) in [4.78, 5) is 21.8. The van der Waals surface area contributed by atoms with E-state index in [0.29, 0.717) is 42.0 Å². The number of anilines is 1. The average molecular weight is 480 g/mol. The van der Waals surface area contributed by atoms with Crippen molar-refractivity contribution in [1.82, 2.24) is 24.9 Å². The molecule has 0 amide bonds. The maximum absolute atomic E-state index is 14.8. The van der Waals surface area contributed by atoms with E-state index in [1.54, 1.807) is 46.8 Å². The van der Waals surface area contributed by atoms with Gasteiger partial charge in [0.25, 0.3) is 0 Å². The SMILES string of the molecule is C[C@@H]1[C@H](C(=O)O)CCCN1c1nc(-c2cc(-c3ccon3)n(Cc3ccccc3F)n2)ncc1F. The highest BCUT2D eigenvalue weighted by atomic mass is 19.1. The van der Waals surface area contributed by atoms with Crippen molar-refractivity contribution in [3.8, 4) is 22.9 Å². The molecule has 0 aliphatic carbocycles. The zero-order chi connectivity index (χ0) is 24.5. The minimum atomic E-state index is -0.916. The Balaban J connectivity index is 1.54. The molecule has 180 valence electrons. The van der Waals surface area contributed by atoms with Gasteiger partial charge in [-0.15, -0.1) is 0 Å². The molecule has 4 heterocycles. The number of piperidine rings is 1. The second-order valence-electron chi connectivity index (χ2n) is 8.43. The summed E-state index contributed by atoms with van der Waals surface area (Å²) < 4.78 is 35.7. The first kappa shape index (κ1) is 22.6. The Morgan fingerprint density at radius 1 is 1.20 bits per heavy atom. The number of benzene rings is 1. The number of carbonyl (C=O) groups is 1. The fourth-order valence-corrected chi connectivity index (χ4v) is 4.44. The second-order valence-corrected chi connectivity index (χ2v) is 8.43. The molecule has 0 bridgehead atoms. The first-order chi connectivity index (χ1) is 16.9. The molecule has 35 heavy (non-hydrogen) atoms. The summed E-state index contributed by atoms with van der Waals surface area (Å²) in [5.74, 6) is -2.37. The summed E-state index contributed by atoms with van der Waals surface area (Å²) in [6, 6.07) is 9.25. The predicted octanol–water partition coefficient (Wildman–Crippen LogP) is 4.01. The fraction of sp³-hybridized carbons (Fsp3) is 0.292. The molecule has 1 saturated heterocycles. The predicted molar refractivity (Wildman–Crippen MR) is 121 cm³/mol. The lowest BCUT2D eigenvalue weighted by molar-refractivity contribution is -0.143. The Hall–Kier alpha value is -4.15. The Bertz CT molecular complexity index is 1360. The smallest absolute Gasteiger partial charge is 0.308 e. The quantitative estimate of drug-likeness (QED) is 0.441. The number of carboxylic acids is 1. The molecule has 11 heteroatoms. The molecule has 0 radical (unpaired) electrons. The average Bonchev–Trinajstić information content (AvgIpc) is 3.51. The van der Waals surface area contributed by atoms with Gasteiger partial charge in [0.2, 0.25) is 0 Å². The third-order valence-electron chi connectivity index (χ3n) is 6.29. The largest absolute Gasteiger partial charge is 0.481 e. The number of aliphatic carboxylic acids is 1. The Labute approximate surface area is 199 Å². The van der Waals surface area contributed by atoms with Crippen molar-refractivity contribution >= 4 is 11.8 Å². The summed E-state index contributed by atoms with van der Waals surface area (Å²) in [5, 5.41) is 18.1. The monoisotopic (exact) mass is 480 g/mol. The molecule has 0 unspecified atom stereocenters. The van der Waals surface area contributed by atoms with Gasteiger partial charge in [0.05, 0.1) is 24.4 Å². The molecule has 3 aromatic heterocycles. The molecule has 0 saturated carbocycles. The van der Waals surface area contributed by atoms with Crippen LogP contribution in [0.3, 0.4) is 0 Å². The maximum Gasteiger partial charge on any atom is 0.308 e. The highest BCUT2D eigenvalue weighted by molar-refractivity contribution is 5.72. The molecule has 0 spiro atoms. The molecule has 5 rings (SSSR count). The van der Waals surface area contributed by atoms with Crippen LogP contribution in [-0.4, -0.2) is 48.6 Å². The van der Waals surface area contributed by atoms with Crippen molar-refractivity contribution in [3.63, 3.8) is 0 Å². The Morgan fingerprint density at radius 2 is 2.03 bits per heavy atom. The molecule has 2 atom stereocenters. The standard InChI is InChI=1S/C24H22F2N6O3/c1-14-16(24(33)34)6-4-9-31(14)23-18(26)12-27-22(28-23)20-11-21(19-8-10-35-30-19)32(29-20)13-15-5-2-3-7-17(15)25/h2-3,5,7-8,10-12,14,16H,4,6,9,13H2,1H3,(H,33,34)/t14-,16-/m1/s1. The lowest BCUT2D eigenvalue weighted by atomic mass is 9.90. The van der Waals surface area contributed by atoms with Gasteiger partial charge in [0.15, 0.2) is 17.5 Å². The minimum Gasteiger partial charge on any atom is -0.481 e. The van der Waals surface area contributed by atoms with E-state index in [1.165, 1.54) is 12.3 Å². The number of hydrogen-bond donors (Lipinski definition) is 1. The van der Waals surface area contributed by atoms with Crippen LogP contribution in [0.25, 0.3) is 22.9 Å². The molecule has 1 aliphatic heterocycles. The van der Waals surface area contributed by atoms with Gasteiger partial charge in [-0.2, -0.15) is 5.10 Å². The van der Waals surface area contributed by atoms with Crippen molar-refractivity contribution < 1.29 is 23.2 Å². The number of nitrogens with zero attached hydrogens (tertiary/aromatic N) is 6. The molecule has 4 aromatic rings. The zero-order valence-electron chi connectivity index (χ0n) is 18.8. The summed E-state index contributed by atoms with van der Waals surface area (Å²) in [5.41, 5.74) is 1.79.